The maximum absolute atomic E-state index is 6.44. The molecular formula is C15H29N3. The first-order valence-corrected chi connectivity index (χ1v) is 7.97. The normalized spacial score (nSPS) is 29.8. The van der Waals surface area contributed by atoms with Crippen LogP contribution in [-0.2, 0) is 0 Å². The predicted molar refractivity (Wildman–Crippen MR) is 75.6 cm³/mol. The Morgan fingerprint density at radius 2 is 1.56 bits per heavy atom. The Morgan fingerprint density at radius 1 is 0.944 bits per heavy atom. The van der Waals surface area contributed by atoms with E-state index in [0.29, 0.717) is 0 Å². The number of rotatable bonds is 5. The quantitative estimate of drug-likeness (QED) is 0.807. The van der Waals surface area contributed by atoms with Crippen LogP contribution in [-0.4, -0.2) is 54.6 Å². The molecule has 18 heavy (non-hydrogen) atoms. The molecule has 2 N–H and O–H groups in total. The highest BCUT2D eigenvalue weighted by atomic mass is 15.3. The van der Waals surface area contributed by atoms with Crippen LogP contribution in [0, 0.1) is 5.92 Å². The molecule has 0 bridgehead atoms. The van der Waals surface area contributed by atoms with Crippen molar-refractivity contribution in [1.82, 2.24) is 9.80 Å². The Labute approximate surface area is 112 Å². The summed E-state index contributed by atoms with van der Waals surface area (Å²) in [4.78, 5) is 5.30. The second-order valence-electron chi connectivity index (χ2n) is 6.91. The van der Waals surface area contributed by atoms with Gasteiger partial charge >= 0.3 is 0 Å². The van der Waals surface area contributed by atoms with Crippen molar-refractivity contribution >= 4 is 0 Å². The Morgan fingerprint density at radius 3 is 2.17 bits per heavy atom. The van der Waals surface area contributed by atoms with E-state index in [1.54, 1.807) is 0 Å². The van der Waals surface area contributed by atoms with Gasteiger partial charge in [-0.3, -0.25) is 0 Å². The minimum Gasteiger partial charge on any atom is -0.325 e. The molecule has 1 heterocycles. The molecular weight excluding hydrogens is 222 g/mol. The minimum atomic E-state index is 0.186. The standard InChI is InChI=1S/C15H29N3/c16-15(5-1-2-6-15)7-8-17-9-11-18(12-10-17)13-14-3-4-14/h14H,1-13,16H2. The lowest BCUT2D eigenvalue weighted by Crippen LogP contribution is -2.49. The topological polar surface area (TPSA) is 32.5 Å². The van der Waals surface area contributed by atoms with Crippen LogP contribution < -0.4 is 5.73 Å². The predicted octanol–water partition coefficient (Wildman–Crippen LogP) is 1.68. The van der Waals surface area contributed by atoms with E-state index in [4.69, 9.17) is 5.73 Å². The first-order valence-electron chi connectivity index (χ1n) is 7.97. The van der Waals surface area contributed by atoms with E-state index in [-0.39, 0.29) is 5.54 Å². The van der Waals surface area contributed by atoms with E-state index in [9.17, 15) is 0 Å². The van der Waals surface area contributed by atoms with Gasteiger partial charge in [0, 0.05) is 38.3 Å². The van der Waals surface area contributed by atoms with Gasteiger partial charge in [-0.2, -0.15) is 0 Å². The average Bonchev–Trinajstić information content (AvgIpc) is 3.09. The summed E-state index contributed by atoms with van der Waals surface area (Å²) in [5.74, 6) is 1.04. The van der Waals surface area contributed by atoms with E-state index in [1.165, 1.54) is 84.2 Å². The van der Waals surface area contributed by atoms with Crippen LogP contribution in [0.25, 0.3) is 0 Å². The zero-order valence-electron chi connectivity index (χ0n) is 11.7. The van der Waals surface area contributed by atoms with E-state index in [2.05, 4.69) is 9.80 Å². The largest absolute Gasteiger partial charge is 0.325 e. The number of nitrogens with two attached hydrogens (primary N) is 1. The van der Waals surface area contributed by atoms with Crippen LogP contribution in [0.3, 0.4) is 0 Å². The van der Waals surface area contributed by atoms with Gasteiger partial charge < -0.3 is 15.5 Å². The molecule has 0 unspecified atom stereocenters. The SMILES string of the molecule is NC1(CCN2CCN(CC3CC3)CC2)CCCC1. The molecule has 1 aliphatic heterocycles. The van der Waals surface area contributed by atoms with Gasteiger partial charge in [0.15, 0.2) is 0 Å². The third-order valence-corrected chi connectivity index (χ3v) is 5.20. The Hall–Kier alpha value is -0.120. The van der Waals surface area contributed by atoms with Crippen LogP contribution in [0.15, 0.2) is 0 Å². The first-order chi connectivity index (χ1) is 8.73. The molecule has 0 radical (unpaired) electrons. The minimum absolute atomic E-state index is 0.186. The maximum atomic E-state index is 6.44. The molecule has 3 nitrogen and oxygen atoms in total. The lowest BCUT2D eigenvalue weighted by Gasteiger charge is -2.36. The second-order valence-corrected chi connectivity index (χ2v) is 6.91. The molecule has 2 aliphatic carbocycles. The van der Waals surface area contributed by atoms with Crippen molar-refractivity contribution in [3.63, 3.8) is 0 Å². The maximum Gasteiger partial charge on any atom is 0.0166 e. The number of piperazine rings is 1. The molecule has 3 heteroatoms. The molecule has 1 saturated heterocycles. The lowest BCUT2D eigenvalue weighted by molar-refractivity contribution is 0.120. The fourth-order valence-corrected chi connectivity index (χ4v) is 3.57. The molecule has 3 fully saturated rings. The van der Waals surface area contributed by atoms with Crippen molar-refractivity contribution in [2.24, 2.45) is 11.7 Å². The fraction of sp³-hybridized carbons (Fsp3) is 1.00. The van der Waals surface area contributed by atoms with Crippen molar-refractivity contribution in [3.8, 4) is 0 Å². The third-order valence-electron chi connectivity index (χ3n) is 5.20. The highest BCUT2D eigenvalue weighted by molar-refractivity contribution is 4.90. The average molecular weight is 251 g/mol. The Balaban J connectivity index is 1.34. The van der Waals surface area contributed by atoms with Gasteiger partial charge in [-0.1, -0.05) is 12.8 Å². The third kappa shape index (κ3) is 3.46. The molecule has 0 spiro atoms. The summed E-state index contributed by atoms with van der Waals surface area (Å²) < 4.78 is 0. The van der Waals surface area contributed by atoms with Crippen LogP contribution in [0.2, 0.25) is 0 Å². The molecule has 0 amide bonds. The molecule has 0 aromatic carbocycles. The number of hydrogen-bond acceptors (Lipinski definition) is 3. The van der Waals surface area contributed by atoms with Gasteiger partial charge in [-0.05, 0) is 44.6 Å². The van der Waals surface area contributed by atoms with Crippen molar-refractivity contribution in [2.45, 2.75) is 50.5 Å². The van der Waals surface area contributed by atoms with E-state index < -0.39 is 0 Å². The summed E-state index contributed by atoms with van der Waals surface area (Å²) in [6.45, 7) is 7.70. The van der Waals surface area contributed by atoms with Crippen LogP contribution in [0.1, 0.15) is 44.9 Å². The van der Waals surface area contributed by atoms with Gasteiger partial charge in [-0.15, -0.1) is 0 Å². The zero-order chi connectivity index (χ0) is 12.4. The summed E-state index contributed by atoms with van der Waals surface area (Å²) in [6.07, 6.45) is 9.40. The van der Waals surface area contributed by atoms with E-state index in [0.717, 1.165) is 5.92 Å². The smallest absolute Gasteiger partial charge is 0.0166 e. The van der Waals surface area contributed by atoms with Gasteiger partial charge in [0.2, 0.25) is 0 Å². The van der Waals surface area contributed by atoms with Crippen LogP contribution in [0.5, 0.6) is 0 Å². The van der Waals surface area contributed by atoms with E-state index in [1.807, 2.05) is 0 Å². The summed E-state index contributed by atoms with van der Waals surface area (Å²) in [6, 6.07) is 0. The summed E-state index contributed by atoms with van der Waals surface area (Å²) in [7, 11) is 0. The molecule has 3 rings (SSSR count). The summed E-state index contributed by atoms with van der Waals surface area (Å²) >= 11 is 0. The van der Waals surface area contributed by atoms with Gasteiger partial charge in [0.05, 0.1) is 0 Å². The Kier molecular flexibility index (Phi) is 3.92. The monoisotopic (exact) mass is 251 g/mol. The van der Waals surface area contributed by atoms with Gasteiger partial charge in [0.25, 0.3) is 0 Å². The Bertz CT molecular complexity index is 261. The van der Waals surface area contributed by atoms with Gasteiger partial charge in [-0.25, -0.2) is 0 Å². The molecule has 104 valence electrons. The molecule has 0 aromatic rings. The molecule has 3 aliphatic rings. The summed E-state index contributed by atoms with van der Waals surface area (Å²) in [5.41, 5.74) is 6.63. The van der Waals surface area contributed by atoms with E-state index >= 15 is 0 Å². The second kappa shape index (κ2) is 5.48. The zero-order valence-corrected chi connectivity index (χ0v) is 11.7. The number of hydrogen-bond donors (Lipinski definition) is 1. The fourth-order valence-electron chi connectivity index (χ4n) is 3.57. The van der Waals surface area contributed by atoms with Crippen LogP contribution in [0.4, 0.5) is 0 Å². The molecule has 0 aromatic heterocycles. The highest BCUT2D eigenvalue weighted by Crippen LogP contribution is 2.31. The van der Waals surface area contributed by atoms with Crippen LogP contribution >= 0.6 is 0 Å². The van der Waals surface area contributed by atoms with Crippen molar-refractivity contribution in [2.75, 3.05) is 39.3 Å². The highest BCUT2D eigenvalue weighted by Gasteiger charge is 2.30. The number of nitrogens with zero attached hydrogens (tertiary/aromatic N) is 2. The van der Waals surface area contributed by atoms with Crippen molar-refractivity contribution in [3.05, 3.63) is 0 Å². The van der Waals surface area contributed by atoms with Gasteiger partial charge in [0.1, 0.15) is 0 Å². The lowest BCUT2D eigenvalue weighted by atomic mass is 9.94. The van der Waals surface area contributed by atoms with Crippen molar-refractivity contribution < 1.29 is 0 Å². The first kappa shape index (κ1) is 12.9. The molecule has 2 saturated carbocycles. The molecule has 0 atom stereocenters. The van der Waals surface area contributed by atoms with Crippen molar-refractivity contribution in [1.29, 1.82) is 0 Å². The summed E-state index contributed by atoms with van der Waals surface area (Å²) in [5, 5.41) is 0.